The van der Waals surface area contributed by atoms with Crippen molar-refractivity contribution in [2.45, 2.75) is 12.1 Å². The maximum absolute atomic E-state index is 10.8. The molecule has 0 saturated carbocycles. The Bertz CT molecular complexity index is 856. The minimum Gasteiger partial charge on any atom is -0.497 e. The molecule has 0 saturated heterocycles. The minimum atomic E-state index is -0.879. The second-order valence-electron chi connectivity index (χ2n) is 4.99. The molecule has 0 aliphatic rings. The zero-order valence-electron chi connectivity index (χ0n) is 13.1. The van der Waals surface area contributed by atoms with E-state index >= 15 is 0 Å². The van der Waals surface area contributed by atoms with Crippen molar-refractivity contribution in [3.63, 3.8) is 0 Å². The first-order valence-corrected chi connectivity index (χ1v) is 8.88. The van der Waals surface area contributed by atoms with Gasteiger partial charge < -0.3 is 9.84 Å². The van der Waals surface area contributed by atoms with Crippen LogP contribution in [-0.4, -0.2) is 38.7 Å². The predicted molar refractivity (Wildman–Crippen MR) is 94.3 cm³/mol. The van der Waals surface area contributed by atoms with Gasteiger partial charge in [-0.1, -0.05) is 11.8 Å². The number of aliphatic carboxylic acids is 1. The normalized spacial score (nSPS) is 10.8. The minimum absolute atomic E-state index is 0.0472. The Hall–Kier alpha value is -2.32. The van der Waals surface area contributed by atoms with Gasteiger partial charge in [-0.25, -0.2) is 0 Å². The third kappa shape index (κ3) is 3.44. The van der Waals surface area contributed by atoms with Crippen LogP contribution in [0.3, 0.4) is 0 Å². The summed E-state index contributed by atoms with van der Waals surface area (Å²) in [7, 11) is 1.64. The number of hydrogen-bond donors (Lipinski definition) is 1. The van der Waals surface area contributed by atoms with Gasteiger partial charge in [-0.3, -0.25) is 9.36 Å². The molecule has 1 N–H and O–H groups in total. The van der Waals surface area contributed by atoms with Gasteiger partial charge in [0.15, 0.2) is 5.16 Å². The SMILES string of the molecule is COc1ccc(-c2sc(-n3cnnc3SCC(=O)O)cc2C)cc1. The summed E-state index contributed by atoms with van der Waals surface area (Å²) in [6.07, 6.45) is 1.60. The Kier molecular flexibility index (Phi) is 4.86. The number of benzene rings is 1. The van der Waals surface area contributed by atoms with E-state index in [1.54, 1.807) is 24.8 Å². The van der Waals surface area contributed by atoms with Crippen molar-refractivity contribution in [1.82, 2.24) is 14.8 Å². The highest BCUT2D eigenvalue weighted by molar-refractivity contribution is 7.99. The average molecular weight is 361 g/mol. The lowest BCUT2D eigenvalue weighted by Crippen LogP contribution is -2.00. The highest BCUT2D eigenvalue weighted by Gasteiger charge is 2.14. The van der Waals surface area contributed by atoms with Crippen molar-refractivity contribution in [2.24, 2.45) is 0 Å². The summed E-state index contributed by atoms with van der Waals surface area (Å²) < 4.78 is 7.01. The lowest BCUT2D eigenvalue weighted by Gasteiger charge is -2.03. The molecule has 0 aliphatic carbocycles. The monoisotopic (exact) mass is 361 g/mol. The zero-order chi connectivity index (χ0) is 17.1. The van der Waals surface area contributed by atoms with Crippen LogP contribution in [0.4, 0.5) is 0 Å². The maximum Gasteiger partial charge on any atom is 0.313 e. The van der Waals surface area contributed by atoms with Crippen molar-refractivity contribution >= 4 is 29.1 Å². The van der Waals surface area contributed by atoms with Gasteiger partial charge in [0.25, 0.3) is 0 Å². The van der Waals surface area contributed by atoms with Gasteiger partial charge in [0.1, 0.15) is 17.1 Å². The van der Waals surface area contributed by atoms with Crippen LogP contribution >= 0.6 is 23.1 Å². The molecule has 3 aromatic rings. The molecule has 0 unspecified atom stereocenters. The number of aryl methyl sites for hydroxylation is 1. The van der Waals surface area contributed by atoms with Crippen molar-refractivity contribution in [1.29, 1.82) is 0 Å². The van der Waals surface area contributed by atoms with Crippen LogP contribution in [0, 0.1) is 6.92 Å². The molecule has 0 radical (unpaired) electrons. The van der Waals surface area contributed by atoms with Crippen LogP contribution in [0.15, 0.2) is 41.8 Å². The fourth-order valence-electron chi connectivity index (χ4n) is 2.21. The Morgan fingerprint density at radius 3 is 2.79 bits per heavy atom. The van der Waals surface area contributed by atoms with E-state index in [1.165, 1.54) is 0 Å². The van der Waals surface area contributed by atoms with Gasteiger partial charge in [-0.05, 0) is 48.4 Å². The van der Waals surface area contributed by atoms with Crippen molar-refractivity contribution in [3.05, 3.63) is 42.2 Å². The fraction of sp³-hybridized carbons (Fsp3) is 0.188. The molecule has 8 heteroatoms. The standard InChI is InChI=1S/C16H15N3O3S2/c1-10-7-13(19-9-17-18-16(19)23-8-14(20)21)24-15(10)11-3-5-12(22-2)6-4-11/h3-7,9H,8H2,1-2H3,(H,20,21). The highest BCUT2D eigenvalue weighted by atomic mass is 32.2. The van der Waals surface area contributed by atoms with Crippen LogP contribution in [0.25, 0.3) is 15.4 Å². The molecule has 0 bridgehead atoms. The molecule has 0 fully saturated rings. The molecule has 1 aromatic carbocycles. The zero-order valence-corrected chi connectivity index (χ0v) is 14.7. The molecule has 24 heavy (non-hydrogen) atoms. The molecule has 0 spiro atoms. The van der Waals surface area contributed by atoms with Gasteiger partial charge in [0.2, 0.25) is 0 Å². The van der Waals surface area contributed by atoms with Gasteiger partial charge in [-0.15, -0.1) is 21.5 Å². The number of rotatable bonds is 6. The van der Waals surface area contributed by atoms with E-state index in [2.05, 4.69) is 16.3 Å². The molecule has 3 rings (SSSR count). The summed E-state index contributed by atoms with van der Waals surface area (Å²) >= 11 is 2.77. The lowest BCUT2D eigenvalue weighted by atomic mass is 10.1. The van der Waals surface area contributed by atoms with Gasteiger partial charge >= 0.3 is 5.97 Å². The number of thioether (sulfide) groups is 1. The number of nitrogens with zero attached hydrogens (tertiary/aromatic N) is 3. The first-order valence-electron chi connectivity index (χ1n) is 7.08. The number of hydrogen-bond acceptors (Lipinski definition) is 6. The topological polar surface area (TPSA) is 77.2 Å². The molecule has 124 valence electrons. The smallest absolute Gasteiger partial charge is 0.313 e. The molecule has 6 nitrogen and oxygen atoms in total. The summed E-state index contributed by atoms with van der Waals surface area (Å²) in [6.45, 7) is 2.05. The van der Waals surface area contributed by atoms with E-state index in [-0.39, 0.29) is 5.75 Å². The van der Waals surface area contributed by atoms with Crippen LogP contribution in [0.5, 0.6) is 5.75 Å². The number of carbonyl (C=O) groups is 1. The molecule has 0 amide bonds. The van der Waals surface area contributed by atoms with E-state index in [1.807, 2.05) is 35.8 Å². The largest absolute Gasteiger partial charge is 0.497 e. The van der Waals surface area contributed by atoms with Gasteiger partial charge in [0.05, 0.1) is 12.9 Å². The molecule has 2 heterocycles. The number of carboxylic acids is 1. The number of ether oxygens (including phenoxy) is 1. The van der Waals surface area contributed by atoms with E-state index in [0.29, 0.717) is 5.16 Å². The van der Waals surface area contributed by atoms with Crippen LogP contribution < -0.4 is 4.74 Å². The maximum atomic E-state index is 10.8. The molecule has 0 aliphatic heterocycles. The Labute approximate surface area is 147 Å². The molecular weight excluding hydrogens is 346 g/mol. The first-order chi connectivity index (χ1) is 11.6. The number of methoxy groups -OCH3 is 1. The Morgan fingerprint density at radius 1 is 1.38 bits per heavy atom. The quantitative estimate of drug-likeness (QED) is 0.677. The van der Waals surface area contributed by atoms with Crippen LogP contribution in [0.1, 0.15) is 5.56 Å². The van der Waals surface area contributed by atoms with E-state index in [4.69, 9.17) is 9.84 Å². The average Bonchev–Trinajstić information content (AvgIpc) is 3.19. The van der Waals surface area contributed by atoms with Gasteiger partial charge in [-0.2, -0.15) is 0 Å². The lowest BCUT2D eigenvalue weighted by molar-refractivity contribution is -0.133. The number of thiophene rings is 1. The van der Waals surface area contributed by atoms with Crippen LogP contribution in [0.2, 0.25) is 0 Å². The summed E-state index contributed by atoms with van der Waals surface area (Å²) in [5.74, 6) is -0.107. The molecule has 2 aromatic heterocycles. The highest BCUT2D eigenvalue weighted by Crippen LogP contribution is 2.36. The Balaban J connectivity index is 1.91. The van der Waals surface area contributed by atoms with Gasteiger partial charge in [0, 0.05) is 4.88 Å². The molecule has 0 atom stereocenters. The predicted octanol–water partition coefficient (Wildman–Crippen LogP) is 3.49. The number of carboxylic acid groups (broad SMARTS) is 1. The second kappa shape index (κ2) is 7.06. The van der Waals surface area contributed by atoms with Crippen molar-refractivity contribution in [2.75, 3.05) is 12.9 Å². The second-order valence-corrected chi connectivity index (χ2v) is 6.96. The van der Waals surface area contributed by atoms with E-state index in [0.717, 1.165) is 38.5 Å². The Morgan fingerprint density at radius 2 is 2.12 bits per heavy atom. The number of aromatic nitrogens is 3. The summed E-state index contributed by atoms with van der Waals surface area (Å²) in [6, 6.07) is 9.96. The third-order valence-electron chi connectivity index (χ3n) is 3.34. The van der Waals surface area contributed by atoms with Crippen molar-refractivity contribution in [3.8, 4) is 21.2 Å². The van der Waals surface area contributed by atoms with Crippen molar-refractivity contribution < 1.29 is 14.6 Å². The van der Waals surface area contributed by atoms with Crippen LogP contribution in [-0.2, 0) is 4.79 Å². The summed E-state index contributed by atoms with van der Waals surface area (Å²) in [4.78, 5) is 11.9. The summed E-state index contributed by atoms with van der Waals surface area (Å²) in [5.41, 5.74) is 2.25. The fourth-order valence-corrected chi connectivity index (χ4v) is 4.06. The first kappa shape index (κ1) is 16.5. The molecular formula is C16H15N3O3S2. The van der Waals surface area contributed by atoms with E-state index < -0.39 is 5.97 Å². The summed E-state index contributed by atoms with van der Waals surface area (Å²) in [5, 5.41) is 18.3. The third-order valence-corrected chi connectivity index (χ3v) is 5.55. The van der Waals surface area contributed by atoms with E-state index in [9.17, 15) is 4.79 Å².